The lowest BCUT2D eigenvalue weighted by atomic mass is 9.93. The van der Waals surface area contributed by atoms with Gasteiger partial charge in [-0.1, -0.05) is 6.07 Å². The molecule has 1 aliphatic rings. The Morgan fingerprint density at radius 3 is 2.79 bits per heavy atom. The molecule has 0 saturated heterocycles. The predicted molar refractivity (Wildman–Crippen MR) is 106 cm³/mol. The standard InChI is InChI=1S/C19H22N8O/c1-12-23-24-18-11-14(9-10-26(12)18)21-19-22-17-4-2-3-16(27(17)25-19)20-13-5-7-15(28)8-6-13/h2-4,9-11,13,15,20,28H,5-8H2,1H3,(H,21,25). The van der Waals surface area contributed by atoms with E-state index in [4.69, 9.17) is 0 Å². The molecule has 9 nitrogen and oxygen atoms in total. The van der Waals surface area contributed by atoms with Crippen molar-refractivity contribution >= 4 is 28.7 Å². The average molecular weight is 378 g/mol. The van der Waals surface area contributed by atoms with Gasteiger partial charge in [0.15, 0.2) is 11.3 Å². The van der Waals surface area contributed by atoms with Crippen molar-refractivity contribution in [1.29, 1.82) is 0 Å². The third-order valence-corrected chi connectivity index (χ3v) is 5.25. The van der Waals surface area contributed by atoms with E-state index in [0.717, 1.165) is 54.3 Å². The van der Waals surface area contributed by atoms with Gasteiger partial charge in [0, 0.05) is 24.0 Å². The first-order valence-corrected chi connectivity index (χ1v) is 9.54. The van der Waals surface area contributed by atoms with Gasteiger partial charge in [-0.15, -0.1) is 15.3 Å². The zero-order valence-corrected chi connectivity index (χ0v) is 15.6. The number of fused-ring (bicyclic) bond motifs is 2. The first kappa shape index (κ1) is 16.9. The molecule has 0 bridgehead atoms. The van der Waals surface area contributed by atoms with Crippen LogP contribution in [-0.2, 0) is 0 Å². The van der Waals surface area contributed by atoms with Gasteiger partial charge in [0.2, 0.25) is 5.95 Å². The van der Waals surface area contributed by atoms with Gasteiger partial charge in [-0.3, -0.25) is 4.40 Å². The summed E-state index contributed by atoms with van der Waals surface area (Å²) in [5.74, 6) is 2.27. The van der Waals surface area contributed by atoms with Gasteiger partial charge in [-0.25, -0.2) is 0 Å². The Bertz CT molecular complexity index is 1130. The van der Waals surface area contributed by atoms with Crippen molar-refractivity contribution in [3.05, 3.63) is 42.4 Å². The number of hydrogen-bond acceptors (Lipinski definition) is 7. The minimum atomic E-state index is -0.164. The number of hydrogen-bond donors (Lipinski definition) is 3. The lowest BCUT2D eigenvalue weighted by Crippen LogP contribution is -2.29. The van der Waals surface area contributed by atoms with Crippen LogP contribution in [-0.4, -0.2) is 46.4 Å². The Labute approximate surface area is 161 Å². The highest BCUT2D eigenvalue weighted by molar-refractivity contribution is 5.61. The first-order valence-electron chi connectivity index (χ1n) is 9.54. The second kappa shape index (κ2) is 6.75. The van der Waals surface area contributed by atoms with Crippen molar-refractivity contribution in [2.45, 2.75) is 44.8 Å². The molecular formula is C19H22N8O. The van der Waals surface area contributed by atoms with Crippen molar-refractivity contribution in [1.82, 2.24) is 29.2 Å². The molecule has 0 spiro atoms. The fourth-order valence-electron chi connectivity index (χ4n) is 3.71. The Kier molecular flexibility index (Phi) is 4.09. The number of aliphatic hydroxyl groups excluding tert-OH is 1. The van der Waals surface area contributed by atoms with Crippen molar-refractivity contribution in [3.63, 3.8) is 0 Å². The number of aliphatic hydroxyl groups is 1. The van der Waals surface area contributed by atoms with E-state index in [-0.39, 0.29) is 6.10 Å². The third kappa shape index (κ3) is 3.13. The van der Waals surface area contributed by atoms with Gasteiger partial charge < -0.3 is 15.7 Å². The third-order valence-electron chi connectivity index (χ3n) is 5.25. The monoisotopic (exact) mass is 378 g/mol. The molecule has 28 heavy (non-hydrogen) atoms. The lowest BCUT2D eigenvalue weighted by Gasteiger charge is -2.26. The predicted octanol–water partition coefficient (Wildman–Crippen LogP) is 2.54. The highest BCUT2D eigenvalue weighted by Gasteiger charge is 2.20. The second-order valence-electron chi connectivity index (χ2n) is 7.28. The molecule has 1 saturated carbocycles. The molecule has 0 amide bonds. The van der Waals surface area contributed by atoms with Gasteiger partial charge in [-0.2, -0.15) is 9.50 Å². The Hall–Kier alpha value is -3.20. The lowest BCUT2D eigenvalue weighted by molar-refractivity contribution is 0.126. The minimum absolute atomic E-state index is 0.164. The van der Waals surface area contributed by atoms with E-state index in [2.05, 4.69) is 30.9 Å². The second-order valence-corrected chi connectivity index (χ2v) is 7.28. The molecule has 4 aromatic heterocycles. The summed E-state index contributed by atoms with van der Waals surface area (Å²) in [6.07, 6.45) is 5.34. The number of pyridine rings is 2. The summed E-state index contributed by atoms with van der Waals surface area (Å²) >= 11 is 0. The minimum Gasteiger partial charge on any atom is -0.393 e. The molecular weight excluding hydrogens is 356 g/mol. The maximum Gasteiger partial charge on any atom is 0.247 e. The summed E-state index contributed by atoms with van der Waals surface area (Å²) in [5.41, 5.74) is 2.39. The SMILES string of the molecule is Cc1nnc2cc(Nc3nc4cccc(NC5CCC(O)CC5)n4n3)ccn12. The summed E-state index contributed by atoms with van der Waals surface area (Å²) in [6.45, 7) is 1.91. The molecule has 0 atom stereocenters. The molecule has 9 heteroatoms. The maximum atomic E-state index is 9.70. The van der Waals surface area contributed by atoms with E-state index in [1.54, 1.807) is 0 Å². The fraction of sp³-hybridized carbons (Fsp3) is 0.368. The zero-order chi connectivity index (χ0) is 19.1. The fourth-order valence-corrected chi connectivity index (χ4v) is 3.71. The van der Waals surface area contributed by atoms with Crippen LogP contribution in [0.1, 0.15) is 31.5 Å². The van der Waals surface area contributed by atoms with Gasteiger partial charge in [0.1, 0.15) is 11.6 Å². The number of anilines is 3. The summed E-state index contributed by atoms with van der Waals surface area (Å²) in [5, 5.41) is 29.3. The molecule has 0 aromatic carbocycles. The number of aromatic nitrogens is 6. The van der Waals surface area contributed by atoms with E-state index in [0.29, 0.717) is 12.0 Å². The van der Waals surface area contributed by atoms with Crippen molar-refractivity contribution in [2.75, 3.05) is 10.6 Å². The van der Waals surface area contributed by atoms with Gasteiger partial charge in [0.05, 0.1) is 6.10 Å². The number of nitrogens with zero attached hydrogens (tertiary/aromatic N) is 6. The van der Waals surface area contributed by atoms with Crippen LogP contribution in [0, 0.1) is 6.92 Å². The van der Waals surface area contributed by atoms with Gasteiger partial charge >= 0.3 is 0 Å². The molecule has 3 N–H and O–H groups in total. The van der Waals surface area contributed by atoms with E-state index >= 15 is 0 Å². The molecule has 144 valence electrons. The van der Waals surface area contributed by atoms with Crippen molar-refractivity contribution < 1.29 is 5.11 Å². The number of rotatable bonds is 4. The Balaban J connectivity index is 1.39. The summed E-state index contributed by atoms with van der Waals surface area (Å²) in [7, 11) is 0. The van der Waals surface area contributed by atoms with Crippen LogP contribution >= 0.6 is 0 Å². The van der Waals surface area contributed by atoms with Gasteiger partial charge in [0.25, 0.3) is 0 Å². The van der Waals surface area contributed by atoms with E-state index < -0.39 is 0 Å². The number of aryl methyl sites for hydroxylation is 1. The Morgan fingerprint density at radius 2 is 1.93 bits per heavy atom. The maximum absolute atomic E-state index is 9.70. The molecule has 1 fully saturated rings. The molecule has 5 rings (SSSR count). The molecule has 0 unspecified atom stereocenters. The highest BCUT2D eigenvalue weighted by Crippen LogP contribution is 2.23. The smallest absolute Gasteiger partial charge is 0.247 e. The van der Waals surface area contributed by atoms with E-state index in [1.165, 1.54) is 0 Å². The molecule has 0 radical (unpaired) electrons. The summed E-state index contributed by atoms with van der Waals surface area (Å²) in [4.78, 5) is 4.58. The number of nitrogens with one attached hydrogen (secondary N) is 2. The summed E-state index contributed by atoms with van der Waals surface area (Å²) in [6, 6.07) is 10.1. The Morgan fingerprint density at radius 1 is 1.07 bits per heavy atom. The quantitative estimate of drug-likeness (QED) is 0.501. The van der Waals surface area contributed by atoms with Crippen LogP contribution in [0.5, 0.6) is 0 Å². The van der Waals surface area contributed by atoms with Crippen LogP contribution in [0.3, 0.4) is 0 Å². The molecule has 4 heterocycles. The van der Waals surface area contributed by atoms with Crippen LogP contribution in [0.2, 0.25) is 0 Å². The molecule has 4 aromatic rings. The van der Waals surface area contributed by atoms with Crippen LogP contribution in [0.25, 0.3) is 11.3 Å². The van der Waals surface area contributed by atoms with Crippen molar-refractivity contribution in [3.8, 4) is 0 Å². The van der Waals surface area contributed by atoms with Crippen LogP contribution < -0.4 is 10.6 Å². The van der Waals surface area contributed by atoms with E-state index in [1.807, 2.05) is 52.4 Å². The zero-order valence-electron chi connectivity index (χ0n) is 15.6. The van der Waals surface area contributed by atoms with E-state index in [9.17, 15) is 5.11 Å². The first-order chi connectivity index (χ1) is 13.7. The van der Waals surface area contributed by atoms with Crippen LogP contribution in [0.4, 0.5) is 17.5 Å². The average Bonchev–Trinajstić information content (AvgIpc) is 3.27. The topological polar surface area (TPSA) is 105 Å². The van der Waals surface area contributed by atoms with Gasteiger partial charge in [-0.05, 0) is 50.8 Å². The van der Waals surface area contributed by atoms with Crippen molar-refractivity contribution in [2.24, 2.45) is 0 Å². The summed E-state index contributed by atoms with van der Waals surface area (Å²) < 4.78 is 3.73. The molecule has 1 aliphatic carbocycles. The van der Waals surface area contributed by atoms with Crippen LogP contribution in [0.15, 0.2) is 36.5 Å². The largest absolute Gasteiger partial charge is 0.393 e. The molecule has 0 aliphatic heterocycles. The normalized spacial score (nSPS) is 19.9. The highest BCUT2D eigenvalue weighted by atomic mass is 16.3.